The number of aromatic nitrogens is 2. The third kappa shape index (κ3) is 4.25. The van der Waals surface area contributed by atoms with Crippen LogP contribution in [0.2, 0.25) is 5.02 Å². The molecular formula is C23H31ClN4O. The Morgan fingerprint density at radius 1 is 1.21 bits per heavy atom. The van der Waals surface area contributed by atoms with E-state index in [1.54, 1.807) is 6.20 Å². The predicted molar refractivity (Wildman–Crippen MR) is 119 cm³/mol. The molecule has 0 spiro atoms. The molecule has 1 heterocycles. The Bertz CT molecular complexity index is 844. The van der Waals surface area contributed by atoms with Crippen molar-refractivity contribution in [2.75, 3.05) is 18.4 Å². The second-order valence-electron chi connectivity index (χ2n) is 7.83. The van der Waals surface area contributed by atoms with Crippen LogP contribution < -0.4 is 5.32 Å². The van der Waals surface area contributed by atoms with Crippen LogP contribution in [0.5, 0.6) is 0 Å². The summed E-state index contributed by atoms with van der Waals surface area (Å²) < 4.78 is 0. The molecule has 29 heavy (non-hydrogen) atoms. The van der Waals surface area contributed by atoms with Crippen molar-refractivity contribution in [1.29, 1.82) is 0 Å². The van der Waals surface area contributed by atoms with Crippen LogP contribution in [0.25, 0.3) is 0 Å². The van der Waals surface area contributed by atoms with Gasteiger partial charge in [0.2, 0.25) is 5.95 Å². The number of benzene rings is 1. The van der Waals surface area contributed by atoms with Crippen LogP contribution >= 0.6 is 11.6 Å². The van der Waals surface area contributed by atoms with Crippen LogP contribution in [0, 0.1) is 0 Å². The van der Waals surface area contributed by atoms with Gasteiger partial charge in [-0.15, -0.1) is 0 Å². The van der Waals surface area contributed by atoms with Gasteiger partial charge in [0.1, 0.15) is 0 Å². The molecule has 1 atom stereocenters. The van der Waals surface area contributed by atoms with Gasteiger partial charge in [0.15, 0.2) is 0 Å². The first-order chi connectivity index (χ1) is 13.9. The fourth-order valence-electron chi connectivity index (χ4n) is 3.94. The second kappa shape index (κ2) is 9.12. The van der Waals surface area contributed by atoms with E-state index in [-0.39, 0.29) is 17.4 Å². The second-order valence-corrected chi connectivity index (χ2v) is 8.27. The largest absolute Gasteiger partial charge is 0.352 e. The van der Waals surface area contributed by atoms with Crippen molar-refractivity contribution in [3.05, 3.63) is 52.3 Å². The van der Waals surface area contributed by atoms with Crippen molar-refractivity contribution in [3.8, 4) is 0 Å². The SMILES string of the molecule is CCC(C)Nc1ncc(C(=O)N(CC)CC)c(C2(c3ccc(Cl)cc3)CCC2)n1. The molecule has 1 unspecified atom stereocenters. The summed E-state index contributed by atoms with van der Waals surface area (Å²) in [6.45, 7) is 9.55. The normalized spacial score (nSPS) is 16.0. The summed E-state index contributed by atoms with van der Waals surface area (Å²) in [4.78, 5) is 24.5. The zero-order valence-corrected chi connectivity index (χ0v) is 18.6. The summed E-state index contributed by atoms with van der Waals surface area (Å²) in [5.74, 6) is 0.589. The van der Waals surface area contributed by atoms with Crippen molar-refractivity contribution in [2.45, 2.75) is 64.8 Å². The Kier molecular flexibility index (Phi) is 6.78. The number of rotatable bonds is 8. The molecule has 0 saturated heterocycles. The number of amides is 1. The highest BCUT2D eigenvalue weighted by Crippen LogP contribution is 2.49. The Labute approximate surface area is 178 Å². The number of carbonyl (C=O) groups excluding carboxylic acids is 1. The number of nitrogens with zero attached hydrogens (tertiary/aromatic N) is 3. The van der Waals surface area contributed by atoms with E-state index in [1.807, 2.05) is 30.9 Å². The molecule has 0 bridgehead atoms. The van der Waals surface area contributed by atoms with Crippen molar-refractivity contribution in [2.24, 2.45) is 0 Å². The summed E-state index contributed by atoms with van der Waals surface area (Å²) in [6, 6.07) is 8.23. The predicted octanol–water partition coefficient (Wildman–Crippen LogP) is 5.29. The lowest BCUT2D eigenvalue weighted by Crippen LogP contribution is -2.40. The minimum Gasteiger partial charge on any atom is -0.352 e. The molecule has 5 nitrogen and oxygen atoms in total. The maximum atomic E-state index is 13.3. The summed E-state index contributed by atoms with van der Waals surface area (Å²) in [6.07, 6.45) is 5.73. The molecule has 0 radical (unpaired) electrons. The van der Waals surface area contributed by atoms with E-state index in [2.05, 4.69) is 36.3 Å². The third-order valence-electron chi connectivity index (χ3n) is 6.11. The molecule has 2 aromatic rings. The summed E-state index contributed by atoms with van der Waals surface area (Å²) in [5, 5.41) is 4.08. The van der Waals surface area contributed by atoms with Crippen molar-refractivity contribution >= 4 is 23.5 Å². The fourth-order valence-corrected chi connectivity index (χ4v) is 4.06. The van der Waals surface area contributed by atoms with Crippen LogP contribution in [0.3, 0.4) is 0 Å². The van der Waals surface area contributed by atoms with Crippen LogP contribution in [-0.2, 0) is 5.41 Å². The topological polar surface area (TPSA) is 58.1 Å². The van der Waals surface area contributed by atoms with Gasteiger partial charge < -0.3 is 10.2 Å². The molecule has 1 aliphatic carbocycles. The zero-order chi connectivity index (χ0) is 21.0. The lowest BCUT2D eigenvalue weighted by Gasteiger charge is -2.43. The maximum absolute atomic E-state index is 13.3. The number of carbonyl (C=O) groups is 1. The molecule has 0 aliphatic heterocycles. The molecule has 1 aromatic heterocycles. The van der Waals surface area contributed by atoms with E-state index in [1.165, 1.54) is 0 Å². The monoisotopic (exact) mass is 414 g/mol. The van der Waals surface area contributed by atoms with Gasteiger partial charge in [0.05, 0.1) is 11.3 Å². The summed E-state index contributed by atoms with van der Waals surface area (Å²) in [7, 11) is 0. The molecule has 1 amide bonds. The van der Waals surface area contributed by atoms with Gasteiger partial charge in [-0.25, -0.2) is 9.97 Å². The molecule has 3 rings (SSSR count). The van der Waals surface area contributed by atoms with Gasteiger partial charge in [-0.3, -0.25) is 4.79 Å². The zero-order valence-electron chi connectivity index (χ0n) is 17.8. The average Bonchev–Trinajstić information content (AvgIpc) is 2.69. The number of hydrogen-bond donors (Lipinski definition) is 1. The molecule has 156 valence electrons. The molecular weight excluding hydrogens is 384 g/mol. The molecule has 1 aliphatic rings. The van der Waals surface area contributed by atoms with Crippen LogP contribution in [0.1, 0.15) is 75.0 Å². The Balaban J connectivity index is 2.13. The van der Waals surface area contributed by atoms with Gasteiger partial charge in [0.25, 0.3) is 5.91 Å². The first kappa shape index (κ1) is 21.6. The van der Waals surface area contributed by atoms with Crippen LogP contribution in [0.4, 0.5) is 5.95 Å². The minimum atomic E-state index is -0.266. The van der Waals surface area contributed by atoms with Gasteiger partial charge in [0, 0.05) is 35.8 Å². The first-order valence-electron chi connectivity index (χ1n) is 10.6. The molecule has 1 N–H and O–H groups in total. The fraction of sp³-hybridized carbons (Fsp3) is 0.522. The van der Waals surface area contributed by atoms with Crippen LogP contribution in [0.15, 0.2) is 30.5 Å². The number of nitrogens with one attached hydrogen (secondary N) is 1. The first-order valence-corrected chi connectivity index (χ1v) is 11.0. The standard InChI is InChI=1S/C23H31ClN4O/c1-5-16(4)26-22-25-15-19(21(29)28(6-2)7-3)20(27-22)23(13-8-14-23)17-9-11-18(24)12-10-17/h9-12,15-16H,5-8,13-14H2,1-4H3,(H,25,26,27). The quantitative estimate of drug-likeness (QED) is 0.637. The number of halogens is 1. The molecule has 1 fully saturated rings. The summed E-state index contributed by atoms with van der Waals surface area (Å²) in [5.41, 5.74) is 2.34. The smallest absolute Gasteiger partial charge is 0.257 e. The number of anilines is 1. The lowest BCUT2D eigenvalue weighted by molar-refractivity contribution is 0.0767. The average molecular weight is 415 g/mol. The van der Waals surface area contributed by atoms with Gasteiger partial charge in [-0.2, -0.15) is 0 Å². The highest BCUT2D eigenvalue weighted by Gasteiger charge is 2.44. The van der Waals surface area contributed by atoms with Crippen molar-refractivity contribution < 1.29 is 4.79 Å². The van der Waals surface area contributed by atoms with Crippen molar-refractivity contribution in [1.82, 2.24) is 14.9 Å². The molecule has 1 saturated carbocycles. The Morgan fingerprint density at radius 3 is 2.38 bits per heavy atom. The van der Waals surface area contributed by atoms with Gasteiger partial charge >= 0.3 is 0 Å². The Morgan fingerprint density at radius 2 is 1.86 bits per heavy atom. The summed E-state index contributed by atoms with van der Waals surface area (Å²) >= 11 is 6.13. The van der Waals surface area contributed by atoms with E-state index in [4.69, 9.17) is 16.6 Å². The van der Waals surface area contributed by atoms with E-state index in [0.717, 1.165) is 36.9 Å². The van der Waals surface area contributed by atoms with E-state index < -0.39 is 0 Å². The number of hydrogen-bond acceptors (Lipinski definition) is 4. The molecule has 6 heteroatoms. The van der Waals surface area contributed by atoms with E-state index in [9.17, 15) is 4.79 Å². The lowest BCUT2D eigenvalue weighted by atomic mass is 9.61. The van der Waals surface area contributed by atoms with Gasteiger partial charge in [-0.05, 0) is 57.7 Å². The van der Waals surface area contributed by atoms with E-state index in [0.29, 0.717) is 29.6 Å². The van der Waals surface area contributed by atoms with Crippen molar-refractivity contribution in [3.63, 3.8) is 0 Å². The molecule has 1 aromatic carbocycles. The highest BCUT2D eigenvalue weighted by atomic mass is 35.5. The highest BCUT2D eigenvalue weighted by molar-refractivity contribution is 6.30. The third-order valence-corrected chi connectivity index (χ3v) is 6.37. The van der Waals surface area contributed by atoms with E-state index >= 15 is 0 Å². The maximum Gasteiger partial charge on any atom is 0.257 e. The Hall–Kier alpha value is -2.14. The van der Waals surface area contributed by atoms with Crippen LogP contribution in [-0.4, -0.2) is 39.9 Å². The minimum absolute atomic E-state index is 0.000304. The van der Waals surface area contributed by atoms with Gasteiger partial charge in [-0.1, -0.05) is 37.1 Å².